The molecular weight excluding hydrogens is 294 g/mol. The molecule has 90 valence electrons. The monoisotopic (exact) mass is 303 g/mol. The van der Waals surface area contributed by atoms with Crippen LogP contribution in [0.3, 0.4) is 0 Å². The van der Waals surface area contributed by atoms with E-state index in [2.05, 4.69) is 41.1 Å². The molecular formula is C12H10BrN5. The van der Waals surface area contributed by atoms with Crippen LogP contribution in [0.1, 0.15) is 11.4 Å². The van der Waals surface area contributed by atoms with Crippen molar-refractivity contribution in [3.8, 4) is 11.4 Å². The number of aromatic nitrogens is 5. The van der Waals surface area contributed by atoms with Crippen LogP contribution in [0, 0.1) is 13.8 Å². The first-order valence-corrected chi connectivity index (χ1v) is 6.25. The highest BCUT2D eigenvalue weighted by atomic mass is 79.9. The van der Waals surface area contributed by atoms with E-state index in [0.717, 1.165) is 32.8 Å². The maximum Gasteiger partial charge on any atom is 0.178 e. The fourth-order valence-corrected chi connectivity index (χ4v) is 2.12. The third-order valence-corrected chi connectivity index (χ3v) is 3.09. The summed E-state index contributed by atoms with van der Waals surface area (Å²) in [4.78, 5) is 12.0. The number of H-pyrrole nitrogens is 1. The summed E-state index contributed by atoms with van der Waals surface area (Å²) < 4.78 is 0.922. The summed E-state index contributed by atoms with van der Waals surface area (Å²) in [6, 6.07) is 3.92. The molecule has 5 nitrogen and oxygen atoms in total. The van der Waals surface area contributed by atoms with Gasteiger partial charge < -0.3 is 4.98 Å². The largest absolute Gasteiger partial charge is 0.336 e. The zero-order chi connectivity index (χ0) is 12.7. The number of pyridine rings is 1. The molecule has 0 aliphatic heterocycles. The molecule has 6 heteroatoms. The summed E-state index contributed by atoms with van der Waals surface area (Å²) in [6.07, 6.45) is 1.73. The summed E-state index contributed by atoms with van der Waals surface area (Å²) in [5, 5.41) is 8.12. The number of imidazole rings is 1. The van der Waals surface area contributed by atoms with Crippen molar-refractivity contribution < 1.29 is 0 Å². The van der Waals surface area contributed by atoms with Crippen molar-refractivity contribution in [2.24, 2.45) is 0 Å². The first kappa shape index (κ1) is 11.3. The molecule has 3 rings (SSSR count). The molecule has 0 fully saturated rings. The summed E-state index contributed by atoms with van der Waals surface area (Å²) >= 11 is 3.39. The van der Waals surface area contributed by atoms with Crippen LogP contribution in [-0.4, -0.2) is 25.1 Å². The third kappa shape index (κ3) is 1.88. The predicted octanol–water partition coefficient (Wildman–Crippen LogP) is 2.79. The molecule has 0 saturated carbocycles. The van der Waals surface area contributed by atoms with Crippen LogP contribution in [0.4, 0.5) is 0 Å². The molecule has 0 unspecified atom stereocenters. The number of hydrogen-bond donors (Lipinski definition) is 1. The second kappa shape index (κ2) is 4.13. The number of nitrogens with zero attached hydrogens (tertiary/aromatic N) is 4. The second-order valence-electron chi connectivity index (χ2n) is 4.09. The fraction of sp³-hybridized carbons (Fsp3) is 0.167. The number of halogens is 1. The molecule has 0 amide bonds. The van der Waals surface area contributed by atoms with E-state index in [1.807, 2.05) is 26.0 Å². The molecule has 18 heavy (non-hydrogen) atoms. The standard InChI is InChI=1S/C12H10BrN5/c1-6-3-9(7(2)18-17-6)11-15-10-4-8(13)5-14-12(10)16-11/h3-5H,1-2H3,(H,14,15,16). The Balaban J connectivity index is 2.22. The number of nitrogens with one attached hydrogen (secondary N) is 1. The van der Waals surface area contributed by atoms with E-state index in [-0.39, 0.29) is 0 Å². The first-order valence-electron chi connectivity index (χ1n) is 5.46. The van der Waals surface area contributed by atoms with Gasteiger partial charge in [-0.05, 0) is 41.9 Å². The second-order valence-corrected chi connectivity index (χ2v) is 5.01. The number of fused-ring (bicyclic) bond motifs is 1. The van der Waals surface area contributed by atoms with Crippen molar-refractivity contribution in [3.05, 3.63) is 34.2 Å². The van der Waals surface area contributed by atoms with Crippen LogP contribution in [0.25, 0.3) is 22.6 Å². The summed E-state index contributed by atoms with van der Waals surface area (Å²) in [5.41, 5.74) is 4.26. The molecule has 0 aliphatic rings. The van der Waals surface area contributed by atoms with Gasteiger partial charge in [0.2, 0.25) is 0 Å². The van der Waals surface area contributed by atoms with Crippen molar-refractivity contribution in [3.63, 3.8) is 0 Å². The van der Waals surface area contributed by atoms with Gasteiger partial charge in [-0.15, -0.1) is 0 Å². The molecule has 3 aromatic heterocycles. The molecule has 0 aliphatic carbocycles. The van der Waals surface area contributed by atoms with Crippen LogP contribution in [0.5, 0.6) is 0 Å². The number of aryl methyl sites for hydroxylation is 2. The minimum atomic E-state index is 0.696. The number of hydrogen-bond acceptors (Lipinski definition) is 4. The smallest absolute Gasteiger partial charge is 0.178 e. The molecule has 0 spiro atoms. The van der Waals surface area contributed by atoms with Gasteiger partial charge in [-0.2, -0.15) is 10.2 Å². The molecule has 1 N–H and O–H groups in total. The van der Waals surface area contributed by atoms with Gasteiger partial charge in [0.15, 0.2) is 5.65 Å². The summed E-state index contributed by atoms with van der Waals surface area (Å²) in [7, 11) is 0. The lowest BCUT2D eigenvalue weighted by Crippen LogP contribution is -1.94. The maximum absolute atomic E-state index is 4.47. The topological polar surface area (TPSA) is 67.3 Å². The zero-order valence-corrected chi connectivity index (χ0v) is 11.5. The normalized spacial score (nSPS) is 11.1. The minimum absolute atomic E-state index is 0.696. The van der Waals surface area contributed by atoms with Crippen LogP contribution < -0.4 is 0 Å². The van der Waals surface area contributed by atoms with Crippen molar-refractivity contribution in [2.75, 3.05) is 0 Å². The average Bonchev–Trinajstić information content (AvgIpc) is 2.74. The highest BCUT2D eigenvalue weighted by Gasteiger charge is 2.10. The Hall–Kier alpha value is -1.82. The highest BCUT2D eigenvalue weighted by Crippen LogP contribution is 2.23. The number of aromatic amines is 1. The molecule has 3 heterocycles. The van der Waals surface area contributed by atoms with Crippen LogP contribution >= 0.6 is 15.9 Å². The molecule has 0 atom stereocenters. The van der Waals surface area contributed by atoms with Gasteiger partial charge in [-0.3, -0.25) is 0 Å². The van der Waals surface area contributed by atoms with E-state index < -0.39 is 0 Å². The maximum atomic E-state index is 4.47. The highest BCUT2D eigenvalue weighted by molar-refractivity contribution is 9.10. The minimum Gasteiger partial charge on any atom is -0.336 e. The van der Waals surface area contributed by atoms with E-state index in [4.69, 9.17) is 0 Å². The van der Waals surface area contributed by atoms with Crippen LogP contribution in [-0.2, 0) is 0 Å². The van der Waals surface area contributed by atoms with Gasteiger partial charge in [0.25, 0.3) is 0 Å². The van der Waals surface area contributed by atoms with E-state index in [0.29, 0.717) is 5.65 Å². The molecule has 3 aromatic rings. The van der Waals surface area contributed by atoms with E-state index in [1.165, 1.54) is 0 Å². The van der Waals surface area contributed by atoms with E-state index in [1.54, 1.807) is 6.20 Å². The molecule has 0 aromatic carbocycles. The Labute approximate surface area is 112 Å². The van der Waals surface area contributed by atoms with Gasteiger partial charge in [-0.1, -0.05) is 0 Å². The van der Waals surface area contributed by atoms with Gasteiger partial charge in [0, 0.05) is 16.2 Å². The Morgan fingerprint density at radius 3 is 2.83 bits per heavy atom. The predicted molar refractivity (Wildman–Crippen MR) is 72.1 cm³/mol. The third-order valence-electron chi connectivity index (χ3n) is 2.66. The first-order chi connectivity index (χ1) is 8.63. The summed E-state index contributed by atoms with van der Waals surface area (Å²) in [5.74, 6) is 0.770. The van der Waals surface area contributed by atoms with Crippen LogP contribution in [0.15, 0.2) is 22.8 Å². The summed E-state index contributed by atoms with van der Waals surface area (Å²) in [6.45, 7) is 3.83. The zero-order valence-electron chi connectivity index (χ0n) is 9.90. The Morgan fingerprint density at radius 1 is 1.17 bits per heavy atom. The van der Waals surface area contributed by atoms with Crippen molar-refractivity contribution >= 4 is 27.1 Å². The van der Waals surface area contributed by atoms with Crippen LogP contribution in [0.2, 0.25) is 0 Å². The SMILES string of the molecule is Cc1cc(-c2nc3ncc(Br)cc3[nH]2)c(C)nn1. The lowest BCUT2D eigenvalue weighted by atomic mass is 10.2. The lowest BCUT2D eigenvalue weighted by Gasteiger charge is -2.00. The van der Waals surface area contributed by atoms with Gasteiger partial charge >= 0.3 is 0 Å². The fourth-order valence-electron chi connectivity index (χ4n) is 1.79. The lowest BCUT2D eigenvalue weighted by molar-refractivity contribution is 0.940. The van der Waals surface area contributed by atoms with Gasteiger partial charge in [-0.25, -0.2) is 9.97 Å². The van der Waals surface area contributed by atoms with Crippen molar-refractivity contribution in [1.82, 2.24) is 25.1 Å². The number of rotatable bonds is 1. The van der Waals surface area contributed by atoms with Gasteiger partial charge in [0.05, 0.1) is 16.9 Å². The Kier molecular flexibility index (Phi) is 2.59. The van der Waals surface area contributed by atoms with Gasteiger partial charge in [0.1, 0.15) is 5.82 Å². The van der Waals surface area contributed by atoms with E-state index in [9.17, 15) is 0 Å². The molecule has 0 saturated heterocycles. The molecule has 0 bridgehead atoms. The average molecular weight is 304 g/mol. The van der Waals surface area contributed by atoms with Crippen molar-refractivity contribution in [2.45, 2.75) is 13.8 Å². The molecule has 0 radical (unpaired) electrons. The Morgan fingerprint density at radius 2 is 2.00 bits per heavy atom. The van der Waals surface area contributed by atoms with Crippen molar-refractivity contribution in [1.29, 1.82) is 0 Å². The Bertz CT molecular complexity index is 734. The van der Waals surface area contributed by atoms with E-state index >= 15 is 0 Å². The quantitative estimate of drug-likeness (QED) is 0.750.